The fourth-order valence-corrected chi connectivity index (χ4v) is 3.96. The molecule has 0 radical (unpaired) electrons. The highest BCUT2D eigenvalue weighted by molar-refractivity contribution is 5.69. The zero-order valence-electron chi connectivity index (χ0n) is 21.1. The lowest BCUT2D eigenvalue weighted by Crippen LogP contribution is -2.23. The van der Waals surface area contributed by atoms with Gasteiger partial charge in [-0.25, -0.2) is 14.6 Å². The molecule has 0 saturated heterocycles. The second-order valence-corrected chi connectivity index (χ2v) is 8.97. The van der Waals surface area contributed by atoms with Gasteiger partial charge in [0.2, 0.25) is 0 Å². The van der Waals surface area contributed by atoms with Gasteiger partial charge in [-0.1, -0.05) is 44.2 Å². The highest BCUT2D eigenvalue weighted by atomic mass is 16.5. The summed E-state index contributed by atoms with van der Waals surface area (Å²) >= 11 is 0. The van der Waals surface area contributed by atoms with Crippen LogP contribution in [0.1, 0.15) is 37.8 Å². The van der Waals surface area contributed by atoms with E-state index in [1.165, 1.54) is 10.7 Å². The summed E-state index contributed by atoms with van der Waals surface area (Å²) in [6.07, 6.45) is 3.97. The first-order valence-electron chi connectivity index (χ1n) is 12.3. The molecule has 9 heteroatoms. The van der Waals surface area contributed by atoms with Gasteiger partial charge in [0.05, 0.1) is 48.3 Å². The maximum Gasteiger partial charge on any atom is 0.306 e. The van der Waals surface area contributed by atoms with Crippen LogP contribution in [0.15, 0.2) is 77.9 Å². The predicted octanol–water partition coefficient (Wildman–Crippen LogP) is 4.56. The lowest BCUT2D eigenvalue weighted by molar-refractivity contribution is -0.142. The fraction of sp³-hybridized carbons (Fsp3) is 0.241. The highest BCUT2D eigenvalue weighted by Crippen LogP contribution is 2.22. The Morgan fingerprint density at radius 3 is 2.53 bits per heavy atom. The van der Waals surface area contributed by atoms with E-state index in [0.717, 1.165) is 16.7 Å². The van der Waals surface area contributed by atoms with Gasteiger partial charge in [0.15, 0.2) is 11.6 Å². The second kappa shape index (κ2) is 11.9. The summed E-state index contributed by atoms with van der Waals surface area (Å²) in [5, 5.41) is 22.8. The first kappa shape index (κ1) is 26.2. The number of hydrogen-bond donors (Lipinski definition) is 1. The maximum absolute atomic E-state index is 12.5. The zero-order valence-corrected chi connectivity index (χ0v) is 21.1. The number of nitrogens with zero attached hydrogens (tertiary/aromatic N) is 5. The molecule has 0 fully saturated rings. The highest BCUT2D eigenvalue weighted by Gasteiger charge is 2.19. The molecule has 0 aliphatic carbocycles. The molecule has 0 spiro atoms. The van der Waals surface area contributed by atoms with Gasteiger partial charge in [-0.2, -0.15) is 10.4 Å². The summed E-state index contributed by atoms with van der Waals surface area (Å²) in [5.74, 6) is -0.389. The molecule has 0 bridgehead atoms. The molecule has 192 valence electrons. The number of hydrogen-bond acceptors (Lipinski definition) is 7. The Morgan fingerprint density at radius 2 is 1.82 bits per heavy atom. The van der Waals surface area contributed by atoms with Crippen molar-refractivity contribution >= 4 is 5.97 Å². The maximum atomic E-state index is 12.5. The van der Waals surface area contributed by atoms with Crippen LogP contribution >= 0.6 is 0 Å². The van der Waals surface area contributed by atoms with Crippen LogP contribution in [0.25, 0.3) is 22.6 Å². The van der Waals surface area contributed by atoms with E-state index in [-0.39, 0.29) is 18.2 Å². The van der Waals surface area contributed by atoms with Crippen molar-refractivity contribution in [1.29, 1.82) is 5.26 Å². The van der Waals surface area contributed by atoms with Gasteiger partial charge in [-0.05, 0) is 42.7 Å². The summed E-state index contributed by atoms with van der Waals surface area (Å²) < 4.78 is 7.28. The first-order chi connectivity index (χ1) is 18.4. The van der Waals surface area contributed by atoms with E-state index >= 15 is 0 Å². The lowest BCUT2D eigenvalue weighted by Gasteiger charge is -2.19. The van der Waals surface area contributed by atoms with Gasteiger partial charge in [0.25, 0.3) is 5.56 Å². The molecule has 2 unspecified atom stereocenters. The number of benzene rings is 2. The van der Waals surface area contributed by atoms with Crippen LogP contribution in [0.3, 0.4) is 0 Å². The number of aliphatic carboxylic acids is 1. The van der Waals surface area contributed by atoms with Crippen LogP contribution < -0.4 is 10.3 Å². The van der Waals surface area contributed by atoms with E-state index in [0.29, 0.717) is 35.7 Å². The normalized spacial score (nSPS) is 12.3. The quantitative estimate of drug-likeness (QED) is 0.329. The molecule has 2 atom stereocenters. The number of ether oxygens (including phenoxy) is 1. The van der Waals surface area contributed by atoms with E-state index < -0.39 is 11.9 Å². The summed E-state index contributed by atoms with van der Waals surface area (Å²) in [5.41, 5.74) is 3.25. The Balaban J connectivity index is 1.50. The Bertz CT molecular complexity index is 1530. The van der Waals surface area contributed by atoms with Crippen molar-refractivity contribution in [2.75, 3.05) is 0 Å². The number of aromatic nitrogens is 4. The third-order valence-corrected chi connectivity index (χ3v) is 6.10. The molecule has 38 heavy (non-hydrogen) atoms. The number of nitriles is 1. The molecule has 2 aromatic heterocycles. The Kier molecular flexibility index (Phi) is 8.23. The molecule has 0 aliphatic heterocycles. The SMILES string of the molecule is CCC(CC(C)C(=O)O)Oc1cnc(-c2cccc(Cn3nc(-c4cccc(C#N)c4)ccc3=O)c2)nc1. The van der Waals surface area contributed by atoms with Crippen molar-refractivity contribution in [3.05, 3.63) is 94.5 Å². The third kappa shape index (κ3) is 6.48. The second-order valence-electron chi connectivity index (χ2n) is 8.97. The van der Waals surface area contributed by atoms with Crippen molar-refractivity contribution in [2.45, 2.75) is 39.3 Å². The minimum Gasteiger partial charge on any atom is -0.487 e. The lowest BCUT2D eigenvalue weighted by atomic mass is 10.0. The average Bonchev–Trinajstić information content (AvgIpc) is 2.94. The number of carboxylic acids is 1. The summed E-state index contributed by atoms with van der Waals surface area (Å²) in [7, 11) is 0. The number of carboxylic acid groups (broad SMARTS) is 1. The Morgan fingerprint density at radius 1 is 1.08 bits per heavy atom. The van der Waals surface area contributed by atoms with Crippen molar-refractivity contribution in [3.63, 3.8) is 0 Å². The first-order valence-corrected chi connectivity index (χ1v) is 12.3. The minimum atomic E-state index is -0.851. The summed E-state index contributed by atoms with van der Waals surface area (Å²) in [6.45, 7) is 3.85. The summed E-state index contributed by atoms with van der Waals surface area (Å²) in [4.78, 5) is 32.5. The van der Waals surface area contributed by atoms with Crippen LogP contribution in [-0.2, 0) is 11.3 Å². The van der Waals surface area contributed by atoms with Gasteiger partial charge < -0.3 is 9.84 Å². The fourth-order valence-electron chi connectivity index (χ4n) is 3.96. The van der Waals surface area contributed by atoms with E-state index in [1.807, 2.05) is 37.3 Å². The molecule has 0 saturated carbocycles. The van der Waals surface area contributed by atoms with Gasteiger partial charge >= 0.3 is 5.97 Å². The van der Waals surface area contributed by atoms with Gasteiger partial charge in [0, 0.05) is 17.2 Å². The van der Waals surface area contributed by atoms with Gasteiger partial charge in [-0.3, -0.25) is 9.59 Å². The third-order valence-electron chi connectivity index (χ3n) is 6.10. The molecule has 4 rings (SSSR count). The van der Waals surface area contributed by atoms with E-state index in [2.05, 4.69) is 21.1 Å². The summed E-state index contributed by atoms with van der Waals surface area (Å²) in [6, 6.07) is 19.8. The van der Waals surface area contributed by atoms with Crippen molar-refractivity contribution < 1.29 is 14.6 Å². The average molecular weight is 510 g/mol. The van der Waals surface area contributed by atoms with Crippen molar-refractivity contribution in [2.24, 2.45) is 5.92 Å². The van der Waals surface area contributed by atoms with Crippen LogP contribution in [0, 0.1) is 17.2 Å². The predicted molar refractivity (Wildman–Crippen MR) is 141 cm³/mol. The van der Waals surface area contributed by atoms with Crippen molar-refractivity contribution in [1.82, 2.24) is 19.7 Å². The van der Waals surface area contributed by atoms with Gasteiger partial charge in [-0.15, -0.1) is 0 Å². The van der Waals surface area contributed by atoms with Crippen LogP contribution in [-0.4, -0.2) is 36.9 Å². The van der Waals surface area contributed by atoms with Crippen LogP contribution in [0.4, 0.5) is 0 Å². The molecule has 1 N–H and O–H groups in total. The molecule has 0 amide bonds. The molecule has 0 aliphatic rings. The standard InChI is InChI=1S/C29H27N5O4/c1-3-24(12-19(2)29(36)37)38-25-16-31-28(32-17-25)23-9-5-7-21(14-23)18-34-27(35)11-10-26(33-34)22-8-4-6-20(13-22)15-30/h4-11,13-14,16-17,19,24H,3,12,18H2,1-2H3,(H,36,37). The van der Waals surface area contributed by atoms with E-state index in [4.69, 9.17) is 9.84 Å². The van der Waals surface area contributed by atoms with Crippen molar-refractivity contribution in [3.8, 4) is 34.5 Å². The molecule has 2 heterocycles. The molecule has 4 aromatic rings. The van der Waals surface area contributed by atoms with E-state index in [9.17, 15) is 14.9 Å². The Hall–Kier alpha value is -4.84. The largest absolute Gasteiger partial charge is 0.487 e. The topological polar surface area (TPSA) is 131 Å². The number of rotatable bonds is 10. The van der Waals surface area contributed by atoms with Gasteiger partial charge in [0.1, 0.15) is 0 Å². The zero-order chi connectivity index (χ0) is 27.1. The minimum absolute atomic E-state index is 0.240. The monoisotopic (exact) mass is 509 g/mol. The smallest absolute Gasteiger partial charge is 0.306 e. The van der Waals surface area contributed by atoms with Crippen LogP contribution in [0.2, 0.25) is 0 Å². The molecular formula is C29H27N5O4. The number of carbonyl (C=O) groups is 1. The molecule has 9 nitrogen and oxygen atoms in total. The van der Waals surface area contributed by atoms with E-state index in [1.54, 1.807) is 43.6 Å². The van der Waals surface area contributed by atoms with Crippen LogP contribution in [0.5, 0.6) is 5.75 Å². The molecular weight excluding hydrogens is 482 g/mol. The molecule has 2 aromatic carbocycles. The Labute approximate surface area is 220 Å².